The average Bonchev–Trinajstić information content (AvgIpc) is 2.93. The van der Waals surface area contributed by atoms with Gasteiger partial charge in [0, 0.05) is 36.6 Å². The summed E-state index contributed by atoms with van der Waals surface area (Å²) in [5.74, 6) is 0. The lowest BCUT2D eigenvalue weighted by Crippen LogP contribution is -2.38. The minimum atomic E-state index is 0.577. The molecule has 1 aliphatic heterocycles. The van der Waals surface area contributed by atoms with Gasteiger partial charge in [0.15, 0.2) is 0 Å². The highest BCUT2D eigenvalue weighted by Crippen LogP contribution is 2.36. The van der Waals surface area contributed by atoms with Gasteiger partial charge in [0.1, 0.15) is 0 Å². The molecule has 0 saturated heterocycles. The van der Waals surface area contributed by atoms with E-state index < -0.39 is 0 Å². The Morgan fingerprint density at radius 1 is 1.15 bits per heavy atom. The van der Waals surface area contributed by atoms with Crippen LogP contribution in [0.3, 0.4) is 0 Å². The van der Waals surface area contributed by atoms with Crippen LogP contribution in [0.1, 0.15) is 36.2 Å². The fourth-order valence-electron chi connectivity index (χ4n) is 4.44. The van der Waals surface area contributed by atoms with E-state index in [0.717, 1.165) is 37.5 Å². The molecule has 136 valence electrons. The predicted molar refractivity (Wildman–Crippen MR) is 111 cm³/mol. The van der Waals surface area contributed by atoms with Gasteiger partial charge in [-0.2, -0.15) is 0 Å². The molecule has 0 fully saturated rings. The van der Waals surface area contributed by atoms with Crippen molar-refractivity contribution in [3.8, 4) is 0 Å². The minimum Gasteiger partial charge on any atom is -0.343 e. The van der Waals surface area contributed by atoms with Crippen molar-refractivity contribution >= 4 is 22.5 Å². The molecule has 26 heavy (non-hydrogen) atoms. The summed E-state index contributed by atoms with van der Waals surface area (Å²) >= 11 is 6.66. The topological polar surface area (TPSA) is 8.17 Å². The standard InChI is InChI=1S/C23H27ClN2/c1-4-25-15-20-19-9-6-10-21(24)23(19)26(22(20)14-17(25)3)12-11-18-8-5-7-16(2)13-18/h5-10,13,17H,4,11-12,14-15H2,1-3H3. The maximum Gasteiger partial charge on any atom is 0.0675 e. The van der Waals surface area contributed by atoms with Gasteiger partial charge in [-0.15, -0.1) is 0 Å². The van der Waals surface area contributed by atoms with Gasteiger partial charge in [0.2, 0.25) is 0 Å². The number of likely N-dealkylation sites (N-methyl/N-ethyl adjacent to an activating group) is 1. The second kappa shape index (κ2) is 7.09. The molecule has 2 aromatic carbocycles. The Morgan fingerprint density at radius 3 is 2.73 bits per heavy atom. The van der Waals surface area contributed by atoms with Crippen molar-refractivity contribution in [1.82, 2.24) is 9.47 Å². The zero-order chi connectivity index (χ0) is 18.3. The highest BCUT2D eigenvalue weighted by Gasteiger charge is 2.28. The minimum absolute atomic E-state index is 0.577. The van der Waals surface area contributed by atoms with Gasteiger partial charge in [-0.1, -0.05) is 60.5 Å². The molecular formula is C23H27ClN2. The first-order valence-corrected chi connectivity index (χ1v) is 10.0. The van der Waals surface area contributed by atoms with Crippen LogP contribution in [0.4, 0.5) is 0 Å². The van der Waals surface area contributed by atoms with E-state index in [1.165, 1.54) is 33.3 Å². The fraction of sp³-hybridized carbons (Fsp3) is 0.391. The number of para-hydroxylation sites is 1. The molecule has 0 aliphatic carbocycles. The van der Waals surface area contributed by atoms with Crippen LogP contribution in [0, 0.1) is 6.92 Å². The zero-order valence-corrected chi connectivity index (χ0v) is 16.7. The van der Waals surface area contributed by atoms with Gasteiger partial charge in [-0.3, -0.25) is 4.90 Å². The number of fused-ring (bicyclic) bond motifs is 3. The predicted octanol–water partition coefficient (Wildman–Crippen LogP) is 5.61. The molecule has 2 heterocycles. The summed E-state index contributed by atoms with van der Waals surface area (Å²) in [6, 6.07) is 15.8. The van der Waals surface area contributed by atoms with Crippen LogP contribution in [0.15, 0.2) is 42.5 Å². The summed E-state index contributed by atoms with van der Waals surface area (Å²) in [6.45, 7) is 9.87. The van der Waals surface area contributed by atoms with E-state index in [1.807, 2.05) is 6.07 Å². The smallest absolute Gasteiger partial charge is 0.0675 e. The third-order valence-electron chi connectivity index (χ3n) is 5.84. The van der Waals surface area contributed by atoms with Crippen LogP contribution in [-0.2, 0) is 25.9 Å². The highest BCUT2D eigenvalue weighted by molar-refractivity contribution is 6.35. The SMILES string of the molecule is CCN1Cc2c(n(CCc3cccc(C)c3)c3c(Cl)cccc23)CC1C. The quantitative estimate of drug-likeness (QED) is 0.582. The summed E-state index contributed by atoms with van der Waals surface area (Å²) < 4.78 is 2.50. The Labute approximate surface area is 161 Å². The summed E-state index contributed by atoms with van der Waals surface area (Å²) in [6.07, 6.45) is 2.14. The number of aromatic nitrogens is 1. The second-order valence-electron chi connectivity index (χ2n) is 7.57. The third-order valence-corrected chi connectivity index (χ3v) is 6.15. The molecule has 0 spiro atoms. The number of hydrogen-bond acceptors (Lipinski definition) is 1. The Hall–Kier alpha value is -1.77. The summed E-state index contributed by atoms with van der Waals surface area (Å²) in [4.78, 5) is 2.56. The first-order valence-electron chi connectivity index (χ1n) is 9.66. The Morgan fingerprint density at radius 2 is 1.96 bits per heavy atom. The molecule has 0 amide bonds. The summed E-state index contributed by atoms with van der Waals surface area (Å²) in [5.41, 5.74) is 6.90. The Balaban J connectivity index is 1.77. The van der Waals surface area contributed by atoms with Crippen molar-refractivity contribution in [3.05, 3.63) is 69.9 Å². The molecule has 0 saturated carbocycles. The van der Waals surface area contributed by atoms with E-state index in [-0.39, 0.29) is 0 Å². The second-order valence-corrected chi connectivity index (χ2v) is 7.98. The van der Waals surface area contributed by atoms with Gasteiger partial charge in [-0.25, -0.2) is 0 Å². The van der Waals surface area contributed by atoms with Gasteiger partial charge in [0.25, 0.3) is 0 Å². The lowest BCUT2D eigenvalue weighted by atomic mass is 9.99. The lowest BCUT2D eigenvalue weighted by molar-refractivity contribution is 0.192. The molecule has 0 bridgehead atoms. The van der Waals surface area contributed by atoms with Crippen LogP contribution in [0.25, 0.3) is 10.9 Å². The van der Waals surface area contributed by atoms with Crippen molar-refractivity contribution in [2.75, 3.05) is 6.54 Å². The van der Waals surface area contributed by atoms with Crippen LogP contribution in [0.5, 0.6) is 0 Å². The van der Waals surface area contributed by atoms with E-state index in [0.29, 0.717) is 6.04 Å². The molecule has 3 aromatic rings. The lowest BCUT2D eigenvalue weighted by Gasteiger charge is -2.33. The number of aryl methyl sites for hydroxylation is 3. The van der Waals surface area contributed by atoms with Crippen molar-refractivity contribution in [2.24, 2.45) is 0 Å². The van der Waals surface area contributed by atoms with E-state index >= 15 is 0 Å². The monoisotopic (exact) mass is 366 g/mol. The Bertz CT molecular complexity index is 941. The number of halogens is 1. The molecule has 1 unspecified atom stereocenters. The van der Waals surface area contributed by atoms with Crippen LogP contribution < -0.4 is 0 Å². The van der Waals surface area contributed by atoms with Crippen molar-refractivity contribution in [3.63, 3.8) is 0 Å². The molecule has 2 nitrogen and oxygen atoms in total. The molecule has 4 rings (SSSR count). The third kappa shape index (κ3) is 3.06. The van der Waals surface area contributed by atoms with Crippen molar-refractivity contribution in [2.45, 2.75) is 52.7 Å². The molecule has 1 atom stereocenters. The number of rotatable bonds is 4. The van der Waals surface area contributed by atoms with E-state index in [9.17, 15) is 0 Å². The highest BCUT2D eigenvalue weighted by atomic mass is 35.5. The van der Waals surface area contributed by atoms with Crippen molar-refractivity contribution < 1.29 is 0 Å². The molecule has 1 aromatic heterocycles. The van der Waals surface area contributed by atoms with E-state index in [1.54, 1.807) is 0 Å². The first kappa shape index (κ1) is 17.6. The van der Waals surface area contributed by atoms with E-state index in [4.69, 9.17) is 11.6 Å². The number of benzene rings is 2. The molecule has 3 heteroatoms. The fourth-order valence-corrected chi connectivity index (χ4v) is 4.72. The van der Waals surface area contributed by atoms with Gasteiger partial charge >= 0.3 is 0 Å². The largest absolute Gasteiger partial charge is 0.343 e. The zero-order valence-electron chi connectivity index (χ0n) is 15.9. The first-order chi connectivity index (χ1) is 12.6. The maximum absolute atomic E-state index is 6.66. The number of nitrogens with zero attached hydrogens (tertiary/aromatic N) is 2. The average molecular weight is 367 g/mol. The molecular weight excluding hydrogens is 340 g/mol. The van der Waals surface area contributed by atoms with Crippen molar-refractivity contribution in [1.29, 1.82) is 0 Å². The molecule has 0 radical (unpaired) electrons. The normalized spacial score (nSPS) is 17.6. The number of hydrogen-bond donors (Lipinski definition) is 0. The summed E-state index contributed by atoms with van der Waals surface area (Å²) in [5, 5.41) is 2.21. The van der Waals surface area contributed by atoms with Gasteiger partial charge in [0.05, 0.1) is 10.5 Å². The van der Waals surface area contributed by atoms with E-state index in [2.05, 4.69) is 66.6 Å². The van der Waals surface area contributed by atoms with Crippen LogP contribution in [-0.4, -0.2) is 22.1 Å². The Kier molecular flexibility index (Phi) is 4.81. The molecule has 1 aliphatic rings. The van der Waals surface area contributed by atoms with Gasteiger partial charge in [-0.05, 0) is 44.0 Å². The maximum atomic E-state index is 6.66. The summed E-state index contributed by atoms with van der Waals surface area (Å²) in [7, 11) is 0. The van der Waals surface area contributed by atoms with Crippen LogP contribution >= 0.6 is 11.6 Å². The van der Waals surface area contributed by atoms with Gasteiger partial charge < -0.3 is 4.57 Å². The molecule has 0 N–H and O–H groups in total. The van der Waals surface area contributed by atoms with Crippen LogP contribution in [0.2, 0.25) is 5.02 Å².